The maximum absolute atomic E-state index is 12.2. The Morgan fingerprint density at radius 2 is 1.92 bits per heavy atom. The van der Waals surface area contributed by atoms with E-state index >= 15 is 0 Å². The average Bonchev–Trinajstić information content (AvgIpc) is 2.85. The molecule has 3 saturated carbocycles. The van der Waals surface area contributed by atoms with Crippen LogP contribution in [0.5, 0.6) is 0 Å². The van der Waals surface area contributed by atoms with Crippen molar-refractivity contribution in [1.29, 1.82) is 0 Å². The Balaban J connectivity index is 1.77. The quantitative estimate of drug-likeness (QED) is 0.787. The summed E-state index contributed by atoms with van der Waals surface area (Å²) in [6.07, 6.45) is 7.94. The van der Waals surface area contributed by atoms with E-state index in [0.717, 1.165) is 31.3 Å². The highest BCUT2D eigenvalue weighted by molar-refractivity contribution is 6.02. The Labute approximate surface area is 150 Å². The van der Waals surface area contributed by atoms with Gasteiger partial charge in [-0.15, -0.1) is 0 Å². The largest absolute Gasteiger partial charge is 0.393 e. The molecule has 0 heterocycles. The van der Waals surface area contributed by atoms with Crippen LogP contribution in [-0.4, -0.2) is 22.8 Å². The maximum Gasteiger partial charge on any atom is 0.178 e. The Kier molecular flexibility index (Phi) is 3.71. The van der Waals surface area contributed by atoms with Gasteiger partial charge >= 0.3 is 0 Å². The number of hydrogen-bond donors (Lipinski definition) is 1. The molecule has 0 saturated heterocycles. The van der Waals surface area contributed by atoms with Gasteiger partial charge in [-0.1, -0.05) is 25.0 Å². The van der Waals surface area contributed by atoms with Gasteiger partial charge < -0.3 is 5.11 Å². The number of fused-ring (bicyclic) bond motifs is 5. The fraction of sp³-hybridized carbons (Fsp3) is 0.727. The summed E-state index contributed by atoms with van der Waals surface area (Å²) in [6.45, 7) is 8.26. The number of ketones is 2. The molecule has 0 aromatic rings. The lowest BCUT2D eigenvalue weighted by molar-refractivity contribution is -0.138. The molecule has 4 rings (SSSR count). The topological polar surface area (TPSA) is 54.4 Å². The highest BCUT2D eigenvalue weighted by Crippen LogP contribution is 2.67. The van der Waals surface area contributed by atoms with Crippen molar-refractivity contribution in [3.05, 3.63) is 23.3 Å². The molecule has 0 radical (unpaired) electrons. The van der Waals surface area contributed by atoms with Crippen molar-refractivity contribution in [3.8, 4) is 0 Å². The number of Topliss-reactive ketones (excluding diaryl/α,β-unsaturated/α-hetero) is 1. The van der Waals surface area contributed by atoms with E-state index in [1.165, 1.54) is 5.57 Å². The van der Waals surface area contributed by atoms with Gasteiger partial charge in [0, 0.05) is 17.3 Å². The monoisotopic (exact) mass is 342 g/mol. The van der Waals surface area contributed by atoms with Gasteiger partial charge in [-0.05, 0) is 75.4 Å². The average molecular weight is 342 g/mol. The summed E-state index contributed by atoms with van der Waals surface area (Å²) >= 11 is 0. The second-order valence-corrected chi connectivity index (χ2v) is 9.45. The molecule has 4 aliphatic rings. The molecule has 4 aliphatic carbocycles. The van der Waals surface area contributed by atoms with Gasteiger partial charge in [0.05, 0.1) is 6.10 Å². The zero-order chi connectivity index (χ0) is 18.1. The third-order valence-electron chi connectivity index (χ3n) is 8.52. The van der Waals surface area contributed by atoms with Gasteiger partial charge in [0.1, 0.15) is 5.78 Å². The van der Waals surface area contributed by atoms with Crippen LogP contribution >= 0.6 is 0 Å². The van der Waals surface area contributed by atoms with Crippen LogP contribution in [0.2, 0.25) is 0 Å². The van der Waals surface area contributed by atoms with E-state index in [2.05, 4.69) is 20.8 Å². The first kappa shape index (κ1) is 17.2. The molecule has 136 valence electrons. The molecule has 7 atom stereocenters. The van der Waals surface area contributed by atoms with Crippen LogP contribution in [0.25, 0.3) is 0 Å². The minimum atomic E-state index is -0.406. The van der Waals surface area contributed by atoms with Crippen LogP contribution in [0.1, 0.15) is 59.8 Å². The van der Waals surface area contributed by atoms with E-state index in [0.29, 0.717) is 18.3 Å². The molecule has 1 unspecified atom stereocenters. The van der Waals surface area contributed by atoms with Crippen LogP contribution in [0.15, 0.2) is 23.3 Å². The molecule has 25 heavy (non-hydrogen) atoms. The molecule has 0 spiro atoms. The number of carbonyl (C=O) groups is 2. The minimum absolute atomic E-state index is 0.0634. The van der Waals surface area contributed by atoms with Gasteiger partial charge in [-0.2, -0.15) is 0 Å². The fourth-order valence-electron chi connectivity index (χ4n) is 7.35. The van der Waals surface area contributed by atoms with Crippen molar-refractivity contribution >= 4 is 11.6 Å². The predicted molar refractivity (Wildman–Crippen MR) is 96.8 cm³/mol. The van der Waals surface area contributed by atoms with E-state index in [1.807, 2.05) is 6.08 Å². The van der Waals surface area contributed by atoms with E-state index in [4.69, 9.17) is 0 Å². The molecule has 0 bridgehead atoms. The molecule has 3 fully saturated rings. The van der Waals surface area contributed by atoms with E-state index in [1.54, 1.807) is 13.0 Å². The van der Waals surface area contributed by atoms with Gasteiger partial charge in [-0.25, -0.2) is 0 Å². The molecule has 0 aromatic heterocycles. The van der Waals surface area contributed by atoms with Gasteiger partial charge in [-0.3, -0.25) is 9.59 Å². The number of allylic oxidation sites excluding steroid dienone is 4. The van der Waals surface area contributed by atoms with Crippen molar-refractivity contribution < 1.29 is 14.7 Å². The molecule has 0 aliphatic heterocycles. The SMILES string of the molecule is CC(=O)[C@H]1CC[C@H]2[C@@H]3CCC4=CC(=O)C=C(C)[C@]4(C)[C@H]3C(O)C[C@]12C. The van der Waals surface area contributed by atoms with Crippen LogP contribution in [0.3, 0.4) is 0 Å². The second kappa shape index (κ2) is 5.39. The lowest BCUT2D eigenvalue weighted by Gasteiger charge is -2.59. The third kappa shape index (κ3) is 2.14. The first-order chi connectivity index (χ1) is 11.7. The molecule has 0 aromatic carbocycles. The van der Waals surface area contributed by atoms with Crippen molar-refractivity contribution in [2.75, 3.05) is 0 Å². The number of hydrogen-bond acceptors (Lipinski definition) is 3. The number of rotatable bonds is 1. The first-order valence-corrected chi connectivity index (χ1v) is 9.82. The Bertz CT molecular complexity index is 702. The van der Waals surface area contributed by atoms with E-state index in [9.17, 15) is 14.7 Å². The van der Waals surface area contributed by atoms with E-state index < -0.39 is 6.10 Å². The van der Waals surface area contributed by atoms with Gasteiger partial charge in [0.25, 0.3) is 0 Å². The van der Waals surface area contributed by atoms with Crippen LogP contribution in [-0.2, 0) is 9.59 Å². The first-order valence-electron chi connectivity index (χ1n) is 9.82. The molecule has 0 amide bonds. The Morgan fingerprint density at radius 1 is 1.20 bits per heavy atom. The smallest absolute Gasteiger partial charge is 0.178 e. The zero-order valence-electron chi connectivity index (χ0n) is 15.8. The molecule has 1 N–H and O–H groups in total. The van der Waals surface area contributed by atoms with E-state index in [-0.39, 0.29) is 34.2 Å². The molecule has 3 nitrogen and oxygen atoms in total. The molecular formula is C22H30O3. The van der Waals surface area contributed by atoms with Crippen molar-refractivity contribution in [2.24, 2.45) is 34.5 Å². The summed E-state index contributed by atoms with van der Waals surface area (Å²) in [6, 6.07) is 0. The summed E-state index contributed by atoms with van der Waals surface area (Å²) in [4.78, 5) is 24.2. The summed E-state index contributed by atoms with van der Waals surface area (Å²) in [5.41, 5.74) is 2.05. The second-order valence-electron chi connectivity index (χ2n) is 9.45. The van der Waals surface area contributed by atoms with Crippen molar-refractivity contribution in [3.63, 3.8) is 0 Å². The maximum atomic E-state index is 12.2. The summed E-state index contributed by atoms with van der Waals surface area (Å²) < 4.78 is 0. The van der Waals surface area contributed by atoms with Crippen LogP contribution < -0.4 is 0 Å². The van der Waals surface area contributed by atoms with Crippen molar-refractivity contribution in [2.45, 2.75) is 65.9 Å². The third-order valence-corrected chi connectivity index (χ3v) is 8.52. The van der Waals surface area contributed by atoms with Gasteiger partial charge in [0.2, 0.25) is 0 Å². The van der Waals surface area contributed by atoms with Crippen LogP contribution in [0, 0.1) is 34.5 Å². The minimum Gasteiger partial charge on any atom is -0.393 e. The number of aliphatic hydroxyl groups is 1. The fourth-order valence-corrected chi connectivity index (χ4v) is 7.35. The highest BCUT2D eigenvalue weighted by atomic mass is 16.3. The predicted octanol–water partition coefficient (Wildman–Crippen LogP) is 3.86. The van der Waals surface area contributed by atoms with Crippen LogP contribution in [0.4, 0.5) is 0 Å². The normalized spacial score (nSPS) is 48.8. The Hall–Kier alpha value is -1.22. The summed E-state index contributed by atoms with van der Waals surface area (Å²) in [5.74, 6) is 1.60. The Morgan fingerprint density at radius 3 is 2.60 bits per heavy atom. The number of carbonyl (C=O) groups excluding carboxylic acids is 2. The number of aliphatic hydroxyl groups excluding tert-OH is 1. The standard InChI is InChI=1S/C22H30O3/c1-12-9-15(24)10-14-5-6-16-18-8-7-17(13(2)23)21(18,3)11-19(25)20(16)22(12,14)4/h9-10,16-20,25H,5-8,11H2,1-4H3/t16-,17+,18-,19?,20+,21+,22-/m0/s1. The lowest BCUT2D eigenvalue weighted by Crippen LogP contribution is -2.57. The molecule has 3 heteroatoms. The summed E-state index contributed by atoms with van der Waals surface area (Å²) in [7, 11) is 0. The zero-order valence-corrected chi connectivity index (χ0v) is 15.8. The van der Waals surface area contributed by atoms with Crippen molar-refractivity contribution in [1.82, 2.24) is 0 Å². The molecular weight excluding hydrogens is 312 g/mol. The summed E-state index contributed by atoms with van der Waals surface area (Å²) in [5, 5.41) is 11.3. The lowest BCUT2D eigenvalue weighted by atomic mass is 9.45. The van der Waals surface area contributed by atoms with Gasteiger partial charge in [0.15, 0.2) is 5.78 Å². The highest BCUT2D eigenvalue weighted by Gasteiger charge is 2.62.